The molecule has 1 aromatic heterocycles. The Hall–Kier alpha value is -1.37. The normalized spacial score (nSPS) is 15.0. The summed E-state index contributed by atoms with van der Waals surface area (Å²) >= 11 is 3.11. The van der Waals surface area contributed by atoms with Crippen LogP contribution in [0.3, 0.4) is 0 Å². The van der Waals surface area contributed by atoms with E-state index in [2.05, 4.69) is 36.2 Å². The van der Waals surface area contributed by atoms with Gasteiger partial charge in [0.2, 0.25) is 5.91 Å². The predicted molar refractivity (Wildman–Crippen MR) is 90.4 cm³/mol. The van der Waals surface area contributed by atoms with Gasteiger partial charge < -0.3 is 9.64 Å². The van der Waals surface area contributed by atoms with Crippen LogP contribution < -0.4 is 0 Å². The summed E-state index contributed by atoms with van der Waals surface area (Å²) in [5.41, 5.74) is 3.34. The predicted octanol–water partition coefficient (Wildman–Crippen LogP) is 3.07. The maximum Gasteiger partial charge on any atom is 0.233 e. The zero-order chi connectivity index (χ0) is 15.4. The molecular weight excluding hydrogens is 316 g/mol. The molecule has 0 unspecified atom stereocenters. The van der Waals surface area contributed by atoms with Gasteiger partial charge in [0.15, 0.2) is 4.34 Å². The molecule has 2 aromatic rings. The van der Waals surface area contributed by atoms with Crippen LogP contribution in [0.5, 0.6) is 0 Å². The van der Waals surface area contributed by atoms with Crippen molar-refractivity contribution in [3.8, 4) is 11.3 Å². The van der Waals surface area contributed by atoms with Crippen LogP contribution in [-0.2, 0) is 9.53 Å². The van der Waals surface area contributed by atoms with Crippen molar-refractivity contribution in [1.29, 1.82) is 0 Å². The molecule has 0 bridgehead atoms. The summed E-state index contributed by atoms with van der Waals surface area (Å²) in [5.74, 6) is 0.612. The molecule has 22 heavy (non-hydrogen) atoms. The Bertz CT molecular complexity index is 634. The molecule has 3 rings (SSSR count). The number of thiazole rings is 1. The van der Waals surface area contributed by atoms with Gasteiger partial charge in [-0.1, -0.05) is 41.6 Å². The summed E-state index contributed by atoms with van der Waals surface area (Å²) in [6, 6.07) is 8.34. The Kier molecular flexibility index (Phi) is 5.12. The largest absolute Gasteiger partial charge is 0.378 e. The monoisotopic (exact) mass is 334 g/mol. The highest BCUT2D eigenvalue weighted by Gasteiger charge is 2.17. The lowest BCUT2D eigenvalue weighted by molar-refractivity contribution is -0.132. The molecule has 1 aromatic carbocycles. The van der Waals surface area contributed by atoms with Crippen molar-refractivity contribution in [3.63, 3.8) is 0 Å². The summed E-state index contributed by atoms with van der Waals surface area (Å²) in [6.07, 6.45) is 0. The van der Waals surface area contributed by atoms with Crippen LogP contribution in [0.4, 0.5) is 0 Å². The molecule has 1 fully saturated rings. The third-order valence-electron chi connectivity index (χ3n) is 3.51. The number of morpholine rings is 1. The highest BCUT2D eigenvalue weighted by Crippen LogP contribution is 2.28. The van der Waals surface area contributed by atoms with Gasteiger partial charge in [0, 0.05) is 24.0 Å². The molecule has 1 saturated heterocycles. The highest BCUT2D eigenvalue weighted by molar-refractivity contribution is 8.01. The molecule has 4 nitrogen and oxygen atoms in total. The summed E-state index contributed by atoms with van der Waals surface area (Å²) < 4.78 is 6.20. The number of hydrogen-bond donors (Lipinski definition) is 0. The zero-order valence-electron chi connectivity index (χ0n) is 12.4. The van der Waals surface area contributed by atoms with E-state index in [-0.39, 0.29) is 5.91 Å². The average Bonchev–Trinajstić information content (AvgIpc) is 3.03. The molecule has 116 valence electrons. The van der Waals surface area contributed by atoms with Gasteiger partial charge >= 0.3 is 0 Å². The van der Waals surface area contributed by atoms with Gasteiger partial charge in [0.1, 0.15) is 0 Å². The van der Waals surface area contributed by atoms with Gasteiger partial charge in [-0.25, -0.2) is 4.98 Å². The first kappa shape index (κ1) is 15.5. The van der Waals surface area contributed by atoms with Crippen LogP contribution >= 0.6 is 23.1 Å². The van der Waals surface area contributed by atoms with Gasteiger partial charge in [-0.2, -0.15) is 0 Å². The molecule has 0 radical (unpaired) electrons. The standard InChI is InChI=1S/C16H18N2O2S2/c1-12-2-4-13(5-3-12)14-10-21-16(17-14)22-11-15(19)18-6-8-20-9-7-18/h2-5,10H,6-9,11H2,1H3. The van der Waals surface area contributed by atoms with E-state index in [0.717, 1.165) is 15.6 Å². The number of hydrogen-bond acceptors (Lipinski definition) is 5. The molecule has 0 aliphatic carbocycles. The van der Waals surface area contributed by atoms with Gasteiger partial charge in [-0.3, -0.25) is 4.79 Å². The van der Waals surface area contributed by atoms with Gasteiger partial charge in [-0.05, 0) is 6.92 Å². The molecule has 0 spiro atoms. The number of rotatable bonds is 4. The fourth-order valence-corrected chi connectivity index (χ4v) is 3.95. The van der Waals surface area contributed by atoms with E-state index in [9.17, 15) is 4.79 Å². The number of carbonyl (C=O) groups is 1. The Balaban J connectivity index is 1.57. The quantitative estimate of drug-likeness (QED) is 0.806. The van der Waals surface area contributed by atoms with Crippen LogP contribution in [-0.4, -0.2) is 47.8 Å². The average molecular weight is 334 g/mol. The minimum atomic E-state index is 0.167. The van der Waals surface area contributed by atoms with Crippen molar-refractivity contribution in [2.75, 3.05) is 32.1 Å². The topological polar surface area (TPSA) is 42.4 Å². The molecule has 0 atom stereocenters. The van der Waals surface area contributed by atoms with Crippen molar-refractivity contribution < 1.29 is 9.53 Å². The maximum atomic E-state index is 12.1. The SMILES string of the molecule is Cc1ccc(-c2csc(SCC(=O)N3CCOCC3)n2)cc1. The van der Waals surface area contributed by atoms with E-state index in [1.807, 2.05) is 10.3 Å². The van der Waals surface area contributed by atoms with Gasteiger partial charge in [0.25, 0.3) is 0 Å². The van der Waals surface area contributed by atoms with Crippen LogP contribution in [0.25, 0.3) is 11.3 Å². The second-order valence-electron chi connectivity index (χ2n) is 5.15. The summed E-state index contributed by atoms with van der Waals surface area (Å²) in [5, 5.41) is 2.05. The van der Waals surface area contributed by atoms with Crippen LogP contribution in [0.2, 0.25) is 0 Å². The number of thioether (sulfide) groups is 1. The van der Waals surface area contributed by atoms with Crippen molar-refractivity contribution >= 4 is 29.0 Å². The van der Waals surface area contributed by atoms with E-state index in [1.54, 1.807) is 11.3 Å². The lowest BCUT2D eigenvalue weighted by Gasteiger charge is -2.26. The van der Waals surface area contributed by atoms with E-state index < -0.39 is 0 Å². The third-order valence-corrected chi connectivity index (χ3v) is 5.52. The summed E-state index contributed by atoms with van der Waals surface area (Å²) in [6.45, 7) is 4.76. The number of nitrogens with zero attached hydrogens (tertiary/aromatic N) is 2. The molecule has 1 amide bonds. The summed E-state index contributed by atoms with van der Waals surface area (Å²) in [4.78, 5) is 18.6. The number of aryl methyl sites for hydroxylation is 1. The fourth-order valence-electron chi connectivity index (χ4n) is 2.21. The van der Waals surface area contributed by atoms with E-state index in [1.165, 1.54) is 17.3 Å². The first-order chi connectivity index (χ1) is 10.7. The number of ether oxygens (including phenoxy) is 1. The number of amides is 1. The lowest BCUT2D eigenvalue weighted by atomic mass is 10.1. The second kappa shape index (κ2) is 7.26. The first-order valence-corrected chi connectivity index (χ1v) is 9.10. The molecule has 6 heteroatoms. The van der Waals surface area contributed by atoms with E-state index >= 15 is 0 Å². The molecular formula is C16H18N2O2S2. The molecule has 0 N–H and O–H groups in total. The Morgan fingerprint density at radius 1 is 1.32 bits per heavy atom. The summed E-state index contributed by atoms with van der Waals surface area (Å²) in [7, 11) is 0. The number of carbonyl (C=O) groups excluding carboxylic acids is 1. The molecule has 0 saturated carbocycles. The maximum absolute atomic E-state index is 12.1. The highest BCUT2D eigenvalue weighted by atomic mass is 32.2. The van der Waals surface area contributed by atoms with Crippen molar-refractivity contribution in [1.82, 2.24) is 9.88 Å². The van der Waals surface area contributed by atoms with E-state index in [0.29, 0.717) is 32.1 Å². The van der Waals surface area contributed by atoms with Crippen LogP contribution in [0.15, 0.2) is 34.0 Å². The third kappa shape index (κ3) is 3.88. The molecule has 1 aliphatic heterocycles. The Morgan fingerprint density at radius 3 is 2.77 bits per heavy atom. The molecule has 2 heterocycles. The van der Waals surface area contributed by atoms with Crippen molar-refractivity contribution in [2.45, 2.75) is 11.3 Å². The second-order valence-corrected chi connectivity index (χ2v) is 7.23. The van der Waals surface area contributed by atoms with Crippen LogP contribution in [0.1, 0.15) is 5.56 Å². The Labute approximate surface area is 138 Å². The Morgan fingerprint density at radius 2 is 2.05 bits per heavy atom. The first-order valence-electron chi connectivity index (χ1n) is 7.23. The minimum Gasteiger partial charge on any atom is -0.378 e. The van der Waals surface area contributed by atoms with Gasteiger partial charge in [0.05, 0.1) is 24.7 Å². The van der Waals surface area contributed by atoms with Crippen molar-refractivity contribution in [2.24, 2.45) is 0 Å². The zero-order valence-corrected chi connectivity index (χ0v) is 14.1. The lowest BCUT2D eigenvalue weighted by Crippen LogP contribution is -2.41. The van der Waals surface area contributed by atoms with Crippen molar-refractivity contribution in [3.05, 3.63) is 35.2 Å². The number of benzene rings is 1. The fraction of sp³-hybridized carbons (Fsp3) is 0.375. The smallest absolute Gasteiger partial charge is 0.233 e. The number of aromatic nitrogens is 1. The molecule has 1 aliphatic rings. The minimum absolute atomic E-state index is 0.167. The van der Waals surface area contributed by atoms with E-state index in [4.69, 9.17) is 4.74 Å². The van der Waals surface area contributed by atoms with Crippen LogP contribution in [0, 0.1) is 6.92 Å². The van der Waals surface area contributed by atoms with Gasteiger partial charge in [-0.15, -0.1) is 11.3 Å².